The molecule has 0 fully saturated rings. The molecule has 1 amide bonds. The number of rotatable bonds is 3. The fraction of sp³-hybridized carbons (Fsp3) is 0.667. The lowest BCUT2D eigenvalue weighted by atomic mass is 10.0. The third-order valence-electron chi connectivity index (χ3n) is 2.17. The number of nitrogens with one attached hydrogen (secondary N) is 1. The summed E-state index contributed by atoms with van der Waals surface area (Å²) in [5.74, 6) is -0.104. The quantitative estimate of drug-likeness (QED) is 0.805. The molecule has 0 aliphatic carbocycles. The molecule has 0 aromatic rings. The van der Waals surface area contributed by atoms with Crippen molar-refractivity contribution in [3.8, 4) is 0 Å². The summed E-state index contributed by atoms with van der Waals surface area (Å²) in [6.07, 6.45) is 0.551. The molecule has 1 N–H and O–H groups in total. The number of methoxy groups -OCH3 is 1. The van der Waals surface area contributed by atoms with E-state index in [9.17, 15) is 4.79 Å². The van der Waals surface area contributed by atoms with Gasteiger partial charge in [0.2, 0.25) is 0 Å². The second-order valence-electron chi connectivity index (χ2n) is 3.43. The van der Waals surface area contributed by atoms with Crippen LogP contribution in [0, 0.1) is 0 Å². The molecule has 0 saturated carbocycles. The summed E-state index contributed by atoms with van der Waals surface area (Å²) >= 11 is 2.07. The minimum atomic E-state index is -0.800. The van der Waals surface area contributed by atoms with Gasteiger partial charge in [0.15, 0.2) is 9.37 Å². The van der Waals surface area contributed by atoms with E-state index >= 15 is 0 Å². The van der Waals surface area contributed by atoms with Crippen molar-refractivity contribution in [2.24, 2.45) is 0 Å². The van der Waals surface area contributed by atoms with Crippen LogP contribution in [0.3, 0.4) is 0 Å². The molecular formula is C9H14INO3. The minimum Gasteiger partial charge on any atom is -0.470 e. The zero-order chi connectivity index (χ0) is 10.8. The minimum absolute atomic E-state index is 0.104. The summed E-state index contributed by atoms with van der Waals surface area (Å²) in [5, 5.41) is 2.78. The Kier molecular flexibility index (Phi) is 3.77. The van der Waals surface area contributed by atoms with Gasteiger partial charge in [-0.1, -0.05) is 0 Å². The molecule has 1 aliphatic rings. The van der Waals surface area contributed by atoms with Gasteiger partial charge in [-0.15, -0.1) is 0 Å². The number of hydrogen-bond acceptors (Lipinski definition) is 3. The summed E-state index contributed by atoms with van der Waals surface area (Å²) in [5.41, 5.74) is -0.0306. The first-order valence-corrected chi connectivity index (χ1v) is 5.43. The SMILES string of the molecule is COCC[C@]1(C)OC(I)=C(C)NC1=O. The monoisotopic (exact) mass is 311 g/mol. The molecule has 0 radical (unpaired) electrons. The van der Waals surface area contributed by atoms with Gasteiger partial charge < -0.3 is 14.8 Å². The van der Waals surface area contributed by atoms with Crippen molar-refractivity contribution in [1.29, 1.82) is 0 Å². The summed E-state index contributed by atoms with van der Waals surface area (Å²) in [6.45, 7) is 4.09. The van der Waals surface area contributed by atoms with E-state index in [1.54, 1.807) is 14.0 Å². The maximum Gasteiger partial charge on any atom is 0.268 e. The molecule has 5 heteroatoms. The molecule has 0 bridgehead atoms. The Bertz CT molecular complexity index is 277. The average Bonchev–Trinajstić information content (AvgIpc) is 2.12. The highest BCUT2D eigenvalue weighted by atomic mass is 127. The molecule has 1 heterocycles. The predicted octanol–water partition coefficient (Wildman–Crippen LogP) is 1.55. The topological polar surface area (TPSA) is 47.6 Å². The number of hydrogen-bond donors (Lipinski definition) is 1. The molecule has 0 aromatic heterocycles. The maximum absolute atomic E-state index is 11.6. The lowest BCUT2D eigenvalue weighted by Crippen LogP contribution is -2.49. The number of ether oxygens (including phenoxy) is 2. The van der Waals surface area contributed by atoms with Crippen molar-refractivity contribution in [2.75, 3.05) is 13.7 Å². The Labute approximate surface area is 97.2 Å². The molecule has 0 aromatic carbocycles. The Balaban J connectivity index is 2.75. The Hall–Kier alpha value is -0.300. The summed E-state index contributed by atoms with van der Waals surface area (Å²) in [6, 6.07) is 0. The highest BCUT2D eigenvalue weighted by Gasteiger charge is 2.39. The number of halogens is 1. The number of amides is 1. The number of carbonyl (C=O) groups is 1. The lowest BCUT2D eigenvalue weighted by Gasteiger charge is -2.33. The van der Waals surface area contributed by atoms with E-state index in [4.69, 9.17) is 9.47 Å². The first-order chi connectivity index (χ1) is 6.49. The molecule has 14 heavy (non-hydrogen) atoms. The van der Waals surface area contributed by atoms with Crippen LogP contribution in [0.1, 0.15) is 20.3 Å². The molecule has 0 spiro atoms. The molecule has 80 valence electrons. The Morgan fingerprint density at radius 2 is 2.29 bits per heavy atom. The largest absolute Gasteiger partial charge is 0.470 e. The zero-order valence-corrected chi connectivity index (χ0v) is 10.7. The van der Waals surface area contributed by atoms with Crippen LogP contribution in [0.5, 0.6) is 0 Å². The standard InChI is InChI=1S/C9H14INO3/c1-6-7(10)14-9(2,4-5-13-3)8(12)11-6/h4-5H2,1-3H3,(H,11,12)/t9-/m0/s1. The van der Waals surface area contributed by atoms with Gasteiger partial charge in [-0.3, -0.25) is 4.79 Å². The molecule has 4 nitrogen and oxygen atoms in total. The van der Waals surface area contributed by atoms with Crippen molar-refractivity contribution in [2.45, 2.75) is 25.9 Å². The highest BCUT2D eigenvalue weighted by molar-refractivity contribution is 14.1. The average molecular weight is 311 g/mol. The van der Waals surface area contributed by atoms with Gasteiger partial charge in [0, 0.05) is 36.1 Å². The second kappa shape index (κ2) is 4.48. The number of allylic oxidation sites excluding steroid dienone is 1. The van der Waals surface area contributed by atoms with Crippen LogP contribution in [0.4, 0.5) is 0 Å². The van der Waals surface area contributed by atoms with E-state index in [0.29, 0.717) is 13.0 Å². The third-order valence-corrected chi connectivity index (χ3v) is 3.20. The first kappa shape index (κ1) is 11.8. The van der Waals surface area contributed by atoms with Gasteiger partial charge in [-0.05, 0) is 13.8 Å². The van der Waals surface area contributed by atoms with Gasteiger partial charge in [0.25, 0.3) is 5.91 Å². The van der Waals surface area contributed by atoms with E-state index in [1.807, 2.05) is 6.92 Å². The zero-order valence-electron chi connectivity index (χ0n) is 8.52. The molecular weight excluding hydrogens is 297 g/mol. The van der Waals surface area contributed by atoms with Crippen molar-refractivity contribution in [3.63, 3.8) is 0 Å². The van der Waals surface area contributed by atoms with E-state index < -0.39 is 5.60 Å². The van der Waals surface area contributed by atoms with Gasteiger partial charge in [0.1, 0.15) is 0 Å². The van der Waals surface area contributed by atoms with Gasteiger partial charge in [-0.25, -0.2) is 0 Å². The van der Waals surface area contributed by atoms with Crippen LogP contribution >= 0.6 is 22.6 Å². The third kappa shape index (κ3) is 2.38. The maximum atomic E-state index is 11.6. The van der Waals surface area contributed by atoms with Gasteiger partial charge in [-0.2, -0.15) is 0 Å². The van der Waals surface area contributed by atoms with E-state index in [-0.39, 0.29) is 5.91 Å². The Morgan fingerprint density at radius 3 is 2.86 bits per heavy atom. The lowest BCUT2D eigenvalue weighted by molar-refractivity contribution is -0.142. The predicted molar refractivity (Wildman–Crippen MR) is 60.8 cm³/mol. The first-order valence-electron chi connectivity index (χ1n) is 4.35. The highest BCUT2D eigenvalue weighted by Crippen LogP contribution is 2.29. The smallest absolute Gasteiger partial charge is 0.268 e. The molecule has 1 rings (SSSR count). The molecule has 1 atom stereocenters. The molecule has 1 aliphatic heterocycles. The van der Waals surface area contributed by atoms with Crippen LogP contribution in [0.2, 0.25) is 0 Å². The van der Waals surface area contributed by atoms with E-state index in [2.05, 4.69) is 27.9 Å². The molecule has 0 unspecified atom stereocenters. The van der Waals surface area contributed by atoms with Gasteiger partial charge in [0.05, 0.1) is 12.3 Å². The fourth-order valence-electron chi connectivity index (χ4n) is 1.13. The fourth-order valence-corrected chi connectivity index (χ4v) is 1.75. The summed E-state index contributed by atoms with van der Waals surface area (Å²) in [7, 11) is 1.61. The van der Waals surface area contributed by atoms with E-state index in [1.165, 1.54) is 0 Å². The second-order valence-corrected chi connectivity index (χ2v) is 4.41. The van der Waals surface area contributed by atoms with Crippen molar-refractivity contribution < 1.29 is 14.3 Å². The van der Waals surface area contributed by atoms with Crippen molar-refractivity contribution >= 4 is 28.5 Å². The van der Waals surface area contributed by atoms with Crippen LogP contribution in [0.15, 0.2) is 9.46 Å². The van der Waals surface area contributed by atoms with Gasteiger partial charge >= 0.3 is 0 Å². The summed E-state index contributed by atoms with van der Waals surface area (Å²) in [4.78, 5) is 11.6. The van der Waals surface area contributed by atoms with Crippen molar-refractivity contribution in [3.05, 3.63) is 9.46 Å². The number of carbonyl (C=O) groups excluding carboxylic acids is 1. The summed E-state index contributed by atoms with van der Waals surface area (Å²) < 4.78 is 11.3. The Morgan fingerprint density at radius 1 is 1.64 bits per heavy atom. The molecule has 0 saturated heterocycles. The van der Waals surface area contributed by atoms with Crippen LogP contribution in [0.25, 0.3) is 0 Å². The van der Waals surface area contributed by atoms with Crippen LogP contribution in [-0.2, 0) is 14.3 Å². The normalized spacial score (nSPS) is 27.3. The van der Waals surface area contributed by atoms with E-state index in [0.717, 1.165) is 9.46 Å². The van der Waals surface area contributed by atoms with Crippen LogP contribution < -0.4 is 5.32 Å². The van der Waals surface area contributed by atoms with Crippen LogP contribution in [-0.4, -0.2) is 25.2 Å². The van der Waals surface area contributed by atoms with Crippen molar-refractivity contribution in [1.82, 2.24) is 5.32 Å².